The Labute approximate surface area is 284 Å². The van der Waals surface area contributed by atoms with E-state index in [0.29, 0.717) is 32.7 Å². The average molecular weight is 696 g/mol. The van der Waals surface area contributed by atoms with Gasteiger partial charge in [-0.05, 0) is 119 Å². The highest BCUT2D eigenvalue weighted by atomic mass is 35.5. The van der Waals surface area contributed by atoms with E-state index < -0.39 is 33.0 Å². The van der Waals surface area contributed by atoms with Crippen molar-refractivity contribution in [2.75, 3.05) is 14.2 Å². The number of hydrogen-bond acceptors (Lipinski definition) is 4. The molecule has 0 amide bonds. The molecule has 0 bridgehead atoms. The minimum atomic E-state index is -3.88. The van der Waals surface area contributed by atoms with Gasteiger partial charge in [0.25, 0.3) is 0 Å². The van der Waals surface area contributed by atoms with Gasteiger partial charge in [-0.15, -0.1) is 0 Å². The SMILES string of the molecule is COc1ccc(C2=C(c3ccc(CS(=O)(=O)Cc4ccc(C5=C(c6ccc(OC)c(Cl)c6)CCC5)cc4F)c(F)c3)CCC2)cc1Cl. The minimum Gasteiger partial charge on any atom is -0.495 e. The summed E-state index contributed by atoms with van der Waals surface area (Å²) in [5.74, 6) is -1.11. The van der Waals surface area contributed by atoms with Crippen molar-refractivity contribution < 1.29 is 26.7 Å². The highest BCUT2D eigenvalue weighted by Gasteiger charge is 2.24. The highest BCUT2D eigenvalue weighted by molar-refractivity contribution is 7.89. The van der Waals surface area contributed by atoms with Gasteiger partial charge in [0.2, 0.25) is 0 Å². The summed E-state index contributed by atoms with van der Waals surface area (Å²) in [5.41, 5.74) is 7.62. The first-order chi connectivity index (χ1) is 22.6. The number of methoxy groups -OCH3 is 2. The second-order valence-corrected chi connectivity index (χ2v) is 14.8. The van der Waals surface area contributed by atoms with E-state index in [1.165, 1.54) is 24.3 Å². The fourth-order valence-corrected chi connectivity index (χ4v) is 8.73. The van der Waals surface area contributed by atoms with Crippen LogP contribution >= 0.6 is 23.2 Å². The summed E-state index contributed by atoms with van der Waals surface area (Å²) in [5, 5.41) is 1.00. The number of hydrogen-bond donors (Lipinski definition) is 0. The first kappa shape index (κ1) is 33.3. The second-order valence-electron chi connectivity index (χ2n) is 12.0. The maximum Gasteiger partial charge on any atom is 0.158 e. The molecule has 0 saturated carbocycles. The number of benzene rings is 4. The predicted octanol–water partition coefficient (Wildman–Crippen LogP) is 10.6. The first-order valence-electron chi connectivity index (χ1n) is 15.5. The van der Waals surface area contributed by atoms with Crippen LogP contribution in [-0.2, 0) is 21.3 Å². The molecule has 0 saturated heterocycles. The molecule has 0 heterocycles. The molecule has 0 aromatic heterocycles. The lowest BCUT2D eigenvalue weighted by molar-refractivity contribution is 0.415. The third kappa shape index (κ3) is 7.13. The molecule has 4 nitrogen and oxygen atoms in total. The zero-order valence-corrected chi connectivity index (χ0v) is 28.5. The molecular formula is C38H34Cl2F2O4S. The van der Waals surface area contributed by atoms with Crippen LogP contribution in [0.3, 0.4) is 0 Å². The largest absolute Gasteiger partial charge is 0.495 e. The molecule has 2 aliphatic rings. The Balaban J connectivity index is 1.19. The zero-order chi connectivity index (χ0) is 33.3. The average Bonchev–Trinajstić information content (AvgIpc) is 3.74. The first-order valence-corrected chi connectivity index (χ1v) is 18.0. The molecule has 4 aromatic carbocycles. The van der Waals surface area contributed by atoms with E-state index in [1.54, 1.807) is 26.4 Å². The number of halogens is 4. The molecule has 0 unspecified atom stereocenters. The van der Waals surface area contributed by atoms with Crippen LogP contribution in [0.4, 0.5) is 8.78 Å². The lowest BCUT2D eigenvalue weighted by Crippen LogP contribution is -2.10. The summed E-state index contributed by atoms with van der Waals surface area (Å²) in [4.78, 5) is 0. The zero-order valence-electron chi connectivity index (χ0n) is 26.1. The molecule has 0 atom stereocenters. The Morgan fingerprint density at radius 2 is 0.915 bits per heavy atom. The summed E-state index contributed by atoms with van der Waals surface area (Å²) in [6.07, 6.45) is 5.05. The molecule has 4 aromatic rings. The summed E-state index contributed by atoms with van der Waals surface area (Å²) in [7, 11) is -0.765. The van der Waals surface area contributed by atoms with Crippen LogP contribution in [0.2, 0.25) is 10.0 Å². The van der Waals surface area contributed by atoms with Crippen LogP contribution in [0.15, 0.2) is 72.8 Å². The maximum absolute atomic E-state index is 15.4. The van der Waals surface area contributed by atoms with E-state index in [0.717, 1.165) is 71.9 Å². The lowest BCUT2D eigenvalue weighted by atomic mass is 9.96. The molecule has 2 aliphatic carbocycles. The third-order valence-electron chi connectivity index (χ3n) is 8.99. The Hall–Kier alpha value is -3.65. The fraction of sp³-hybridized carbons (Fsp3) is 0.263. The molecule has 0 spiro atoms. The van der Waals surface area contributed by atoms with E-state index in [2.05, 4.69) is 0 Å². The second kappa shape index (κ2) is 13.8. The van der Waals surface area contributed by atoms with Crippen LogP contribution in [0.5, 0.6) is 11.5 Å². The molecule has 0 N–H and O–H groups in total. The number of ether oxygens (including phenoxy) is 2. The van der Waals surface area contributed by atoms with Crippen molar-refractivity contribution in [2.45, 2.75) is 50.0 Å². The van der Waals surface area contributed by atoms with Crippen molar-refractivity contribution in [1.82, 2.24) is 0 Å². The van der Waals surface area contributed by atoms with Crippen LogP contribution in [0.25, 0.3) is 22.3 Å². The Morgan fingerprint density at radius 3 is 1.23 bits per heavy atom. The summed E-state index contributed by atoms with van der Waals surface area (Å²) >= 11 is 12.7. The third-order valence-corrected chi connectivity index (χ3v) is 11.1. The van der Waals surface area contributed by atoms with Crippen LogP contribution in [-0.4, -0.2) is 22.6 Å². The monoisotopic (exact) mass is 694 g/mol. The van der Waals surface area contributed by atoms with Gasteiger partial charge < -0.3 is 9.47 Å². The van der Waals surface area contributed by atoms with Crippen LogP contribution in [0, 0.1) is 11.6 Å². The van der Waals surface area contributed by atoms with Crippen molar-refractivity contribution in [2.24, 2.45) is 0 Å². The Morgan fingerprint density at radius 1 is 0.574 bits per heavy atom. The summed E-state index contributed by atoms with van der Waals surface area (Å²) in [6, 6.07) is 20.6. The topological polar surface area (TPSA) is 52.6 Å². The van der Waals surface area contributed by atoms with Crippen molar-refractivity contribution in [1.29, 1.82) is 0 Å². The molecule has 0 radical (unpaired) electrons. The fourth-order valence-electron chi connectivity index (χ4n) is 6.70. The van der Waals surface area contributed by atoms with E-state index in [4.69, 9.17) is 32.7 Å². The van der Waals surface area contributed by atoms with Gasteiger partial charge >= 0.3 is 0 Å². The Kier molecular flexibility index (Phi) is 9.79. The van der Waals surface area contributed by atoms with Gasteiger partial charge in [-0.2, -0.15) is 0 Å². The van der Waals surface area contributed by atoms with Gasteiger partial charge in [-0.1, -0.05) is 59.6 Å². The predicted molar refractivity (Wildman–Crippen MR) is 186 cm³/mol. The number of allylic oxidation sites excluding steroid dienone is 4. The quantitative estimate of drug-likeness (QED) is 0.166. The minimum absolute atomic E-state index is 0.0531. The summed E-state index contributed by atoms with van der Waals surface area (Å²) in [6.45, 7) is 0. The Bertz CT molecular complexity index is 1900. The van der Waals surface area contributed by atoms with E-state index in [9.17, 15) is 8.42 Å². The van der Waals surface area contributed by atoms with Crippen molar-refractivity contribution >= 4 is 55.3 Å². The van der Waals surface area contributed by atoms with E-state index in [-0.39, 0.29) is 11.1 Å². The van der Waals surface area contributed by atoms with Gasteiger partial charge in [-0.3, -0.25) is 0 Å². The van der Waals surface area contributed by atoms with Crippen LogP contribution in [0.1, 0.15) is 71.9 Å². The van der Waals surface area contributed by atoms with Gasteiger partial charge in [0, 0.05) is 11.1 Å². The van der Waals surface area contributed by atoms with Crippen molar-refractivity contribution in [3.8, 4) is 11.5 Å². The molecule has 9 heteroatoms. The number of rotatable bonds is 10. The molecule has 0 fully saturated rings. The molecular weight excluding hydrogens is 661 g/mol. The van der Waals surface area contributed by atoms with Gasteiger partial charge in [0.05, 0.1) is 35.8 Å². The maximum atomic E-state index is 15.4. The van der Waals surface area contributed by atoms with Gasteiger partial charge in [0.1, 0.15) is 23.1 Å². The van der Waals surface area contributed by atoms with E-state index >= 15 is 8.78 Å². The van der Waals surface area contributed by atoms with Crippen LogP contribution < -0.4 is 9.47 Å². The van der Waals surface area contributed by atoms with Gasteiger partial charge in [-0.25, -0.2) is 17.2 Å². The standard InChI is InChI=1S/C38H34Cl2F2O4S/c1-45-37-15-13-23(17-33(37)39)29-5-3-7-31(29)25-9-11-27(35(41)19-25)21-47(43,44)22-28-12-10-26(20-36(28)42)32-8-4-6-30(32)24-14-16-38(46-2)34(40)18-24/h9-20H,3-8,21-22H2,1-2H3. The molecule has 47 heavy (non-hydrogen) atoms. The molecule has 244 valence electrons. The van der Waals surface area contributed by atoms with E-state index in [1.807, 2.05) is 36.4 Å². The van der Waals surface area contributed by atoms with Crippen molar-refractivity contribution in [3.05, 3.63) is 128 Å². The highest BCUT2D eigenvalue weighted by Crippen LogP contribution is 2.43. The summed E-state index contributed by atoms with van der Waals surface area (Å²) < 4.78 is 67.7. The van der Waals surface area contributed by atoms with Crippen molar-refractivity contribution in [3.63, 3.8) is 0 Å². The lowest BCUT2D eigenvalue weighted by Gasteiger charge is -2.13. The van der Waals surface area contributed by atoms with Gasteiger partial charge in [0.15, 0.2) is 9.84 Å². The molecule has 6 rings (SSSR count). The smallest absolute Gasteiger partial charge is 0.158 e. The number of sulfone groups is 1. The normalized spacial score (nSPS) is 15.1. The molecule has 0 aliphatic heterocycles.